The van der Waals surface area contributed by atoms with Crippen molar-refractivity contribution in [3.8, 4) is 0 Å². The van der Waals surface area contributed by atoms with Gasteiger partial charge in [0, 0.05) is 19.6 Å². The van der Waals surface area contributed by atoms with Gasteiger partial charge in [-0.25, -0.2) is 4.39 Å². The molecule has 0 spiro atoms. The van der Waals surface area contributed by atoms with Gasteiger partial charge in [0.1, 0.15) is 5.67 Å². The Bertz CT molecular complexity index is 520. The Hall–Kier alpha value is -1.67. The highest BCUT2D eigenvalue weighted by atomic mass is 19.1. The second-order valence-corrected chi connectivity index (χ2v) is 6.77. The van der Waals surface area contributed by atoms with Gasteiger partial charge >= 0.3 is 0 Å². The molecule has 130 valence electrons. The minimum atomic E-state index is -1.09. The van der Waals surface area contributed by atoms with E-state index in [0.717, 1.165) is 25.9 Å². The first kappa shape index (κ1) is 18.7. The summed E-state index contributed by atoms with van der Waals surface area (Å²) in [5.74, 6) is 0. The van der Waals surface area contributed by atoms with Gasteiger partial charge in [-0.1, -0.05) is 87.4 Å². The molecule has 2 heteroatoms. The van der Waals surface area contributed by atoms with Gasteiger partial charge in [0.2, 0.25) is 0 Å². The van der Waals surface area contributed by atoms with E-state index in [2.05, 4.69) is 67.3 Å². The Morgan fingerprint density at radius 3 is 1.54 bits per heavy atom. The van der Waals surface area contributed by atoms with E-state index in [1.807, 2.05) is 12.1 Å². The molecule has 24 heavy (non-hydrogen) atoms. The van der Waals surface area contributed by atoms with Crippen LogP contribution in [0.4, 0.5) is 4.39 Å². The fourth-order valence-corrected chi connectivity index (χ4v) is 3.43. The Labute approximate surface area is 146 Å². The minimum Gasteiger partial charge on any atom is -0.292 e. The lowest BCUT2D eigenvalue weighted by molar-refractivity contribution is 0.0655. The van der Waals surface area contributed by atoms with E-state index in [0.29, 0.717) is 19.4 Å². The van der Waals surface area contributed by atoms with Crippen LogP contribution in [0.25, 0.3) is 0 Å². The van der Waals surface area contributed by atoms with Crippen LogP contribution in [0.15, 0.2) is 60.7 Å². The van der Waals surface area contributed by atoms with Crippen molar-refractivity contribution in [3.63, 3.8) is 0 Å². The van der Waals surface area contributed by atoms with E-state index < -0.39 is 5.67 Å². The third kappa shape index (κ3) is 6.09. The Kier molecular flexibility index (Phi) is 7.45. The van der Waals surface area contributed by atoms with Crippen LogP contribution in [0.2, 0.25) is 0 Å². The van der Waals surface area contributed by atoms with Crippen molar-refractivity contribution in [1.29, 1.82) is 0 Å². The van der Waals surface area contributed by atoms with Gasteiger partial charge < -0.3 is 0 Å². The standard InChI is InChI=1S/C22H30FN/c1-3-15-22(23,16-4-2)19-24(17-20-11-7-5-8-12-20)18-21-13-9-6-10-14-21/h5-14H,3-4,15-19H2,1-2H3. The topological polar surface area (TPSA) is 3.24 Å². The van der Waals surface area contributed by atoms with E-state index in [4.69, 9.17) is 0 Å². The Morgan fingerprint density at radius 1 is 0.750 bits per heavy atom. The zero-order valence-electron chi connectivity index (χ0n) is 15.0. The summed E-state index contributed by atoms with van der Waals surface area (Å²) in [6.45, 7) is 6.22. The molecule has 1 nitrogen and oxygen atoms in total. The van der Waals surface area contributed by atoms with E-state index >= 15 is 4.39 Å². The van der Waals surface area contributed by atoms with Gasteiger partial charge in [-0.05, 0) is 24.0 Å². The Morgan fingerprint density at radius 2 is 1.17 bits per heavy atom. The number of hydrogen-bond acceptors (Lipinski definition) is 1. The molecule has 2 rings (SSSR count). The molecule has 0 radical (unpaired) electrons. The molecule has 0 heterocycles. The maximum Gasteiger partial charge on any atom is 0.123 e. The summed E-state index contributed by atoms with van der Waals surface area (Å²) in [5.41, 5.74) is 1.39. The molecule has 2 aromatic carbocycles. The molecule has 0 unspecified atom stereocenters. The summed E-state index contributed by atoms with van der Waals surface area (Å²) in [5, 5.41) is 0. The highest BCUT2D eigenvalue weighted by Gasteiger charge is 2.30. The minimum absolute atomic E-state index is 0.498. The Balaban J connectivity index is 2.14. The summed E-state index contributed by atoms with van der Waals surface area (Å²) < 4.78 is 15.4. The summed E-state index contributed by atoms with van der Waals surface area (Å²) in [4.78, 5) is 2.26. The molecule has 0 aliphatic rings. The number of hydrogen-bond donors (Lipinski definition) is 0. The molecule has 0 N–H and O–H groups in total. The number of alkyl halides is 1. The molecule has 0 saturated carbocycles. The fourth-order valence-electron chi connectivity index (χ4n) is 3.43. The number of halogens is 1. The average molecular weight is 327 g/mol. The monoisotopic (exact) mass is 327 g/mol. The average Bonchev–Trinajstić information content (AvgIpc) is 2.57. The number of rotatable bonds is 10. The third-order valence-corrected chi connectivity index (χ3v) is 4.40. The van der Waals surface area contributed by atoms with Gasteiger partial charge in [0.05, 0.1) is 0 Å². The molecule has 0 amide bonds. The normalized spacial score (nSPS) is 11.8. The van der Waals surface area contributed by atoms with Crippen LogP contribution in [-0.2, 0) is 13.1 Å². The van der Waals surface area contributed by atoms with Crippen LogP contribution in [-0.4, -0.2) is 17.1 Å². The fraction of sp³-hybridized carbons (Fsp3) is 0.455. The predicted molar refractivity (Wildman–Crippen MR) is 101 cm³/mol. The summed E-state index contributed by atoms with van der Waals surface area (Å²) >= 11 is 0. The van der Waals surface area contributed by atoms with Crippen LogP contribution >= 0.6 is 0 Å². The molecule has 0 atom stereocenters. The zero-order valence-corrected chi connectivity index (χ0v) is 15.0. The summed E-state index contributed by atoms with van der Waals surface area (Å²) in [7, 11) is 0. The third-order valence-electron chi connectivity index (χ3n) is 4.40. The van der Waals surface area contributed by atoms with Gasteiger partial charge in [0.25, 0.3) is 0 Å². The van der Waals surface area contributed by atoms with E-state index in [-0.39, 0.29) is 0 Å². The molecule has 0 aliphatic heterocycles. The zero-order chi connectivity index (χ0) is 17.3. The van der Waals surface area contributed by atoms with Crippen molar-refractivity contribution in [2.45, 2.75) is 58.3 Å². The van der Waals surface area contributed by atoms with Gasteiger partial charge in [-0.15, -0.1) is 0 Å². The largest absolute Gasteiger partial charge is 0.292 e. The lowest BCUT2D eigenvalue weighted by Gasteiger charge is -2.32. The molecule has 0 saturated heterocycles. The van der Waals surface area contributed by atoms with E-state index in [9.17, 15) is 0 Å². The molecule has 0 aliphatic carbocycles. The molecular weight excluding hydrogens is 297 g/mol. The summed E-state index contributed by atoms with van der Waals surface area (Å²) in [6.07, 6.45) is 3.06. The van der Waals surface area contributed by atoms with Crippen molar-refractivity contribution in [2.24, 2.45) is 0 Å². The lowest BCUT2D eigenvalue weighted by atomic mass is 9.93. The van der Waals surface area contributed by atoms with E-state index in [1.165, 1.54) is 11.1 Å². The van der Waals surface area contributed by atoms with Crippen LogP contribution in [0, 0.1) is 0 Å². The highest BCUT2D eigenvalue weighted by molar-refractivity contribution is 5.17. The van der Waals surface area contributed by atoms with Gasteiger partial charge in [-0.2, -0.15) is 0 Å². The SMILES string of the molecule is CCCC(F)(CCC)CN(Cc1ccccc1)Cc1ccccc1. The van der Waals surface area contributed by atoms with Gasteiger partial charge in [0.15, 0.2) is 0 Å². The summed E-state index contributed by atoms with van der Waals surface area (Å²) in [6, 6.07) is 20.8. The number of benzene rings is 2. The molecule has 0 aromatic heterocycles. The second kappa shape index (κ2) is 9.58. The second-order valence-electron chi connectivity index (χ2n) is 6.77. The van der Waals surface area contributed by atoms with Crippen LogP contribution in [0.3, 0.4) is 0 Å². The van der Waals surface area contributed by atoms with Crippen LogP contribution in [0.1, 0.15) is 50.7 Å². The molecule has 0 fully saturated rings. The van der Waals surface area contributed by atoms with Crippen molar-refractivity contribution in [3.05, 3.63) is 71.8 Å². The number of nitrogens with zero attached hydrogens (tertiary/aromatic N) is 1. The maximum atomic E-state index is 15.4. The van der Waals surface area contributed by atoms with Crippen LogP contribution < -0.4 is 0 Å². The molecular formula is C22H30FN. The van der Waals surface area contributed by atoms with Crippen molar-refractivity contribution >= 4 is 0 Å². The first-order valence-corrected chi connectivity index (χ1v) is 9.14. The first-order valence-electron chi connectivity index (χ1n) is 9.14. The lowest BCUT2D eigenvalue weighted by Crippen LogP contribution is -2.39. The first-order chi connectivity index (χ1) is 11.6. The molecule has 2 aromatic rings. The van der Waals surface area contributed by atoms with E-state index in [1.54, 1.807) is 0 Å². The highest BCUT2D eigenvalue weighted by Crippen LogP contribution is 2.27. The van der Waals surface area contributed by atoms with Crippen LogP contribution in [0.5, 0.6) is 0 Å². The van der Waals surface area contributed by atoms with Gasteiger partial charge in [-0.3, -0.25) is 4.90 Å². The maximum absolute atomic E-state index is 15.4. The van der Waals surface area contributed by atoms with Crippen molar-refractivity contribution < 1.29 is 4.39 Å². The van der Waals surface area contributed by atoms with Crippen molar-refractivity contribution in [1.82, 2.24) is 4.90 Å². The van der Waals surface area contributed by atoms with Crippen molar-refractivity contribution in [2.75, 3.05) is 6.54 Å². The molecule has 0 bridgehead atoms. The predicted octanol–water partition coefficient (Wildman–Crippen LogP) is 6.00. The smallest absolute Gasteiger partial charge is 0.123 e. The quantitative estimate of drug-likeness (QED) is 0.517.